The minimum absolute atomic E-state index is 0.215. The fourth-order valence-corrected chi connectivity index (χ4v) is 5.10. The van der Waals surface area contributed by atoms with Crippen LogP contribution in [0.25, 0.3) is 11.1 Å². The molecule has 1 saturated heterocycles. The van der Waals surface area contributed by atoms with Crippen molar-refractivity contribution >= 4 is 31.6 Å². The number of hydrogen-bond donors (Lipinski definition) is 1. The number of nitrogens with zero attached hydrogens (tertiary/aromatic N) is 4. The van der Waals surface area contributed by atoms with Gasteiger partial charge in [0.15, 0.2) is 0 Å². The molecular weight excluding hydrogens is 506 g/mol. The van der Waals surface area contributed by atoms with Crippen LogP contribution in [0, 0.1) is 0 Å². The number of rotatable bonds is 9. The van der Waals surface area contributed by atoms with E-state index >= 15 is 0 Å². The number of ether oxygens (including phenoxy) is 2. The van der Waals surface area contributed by atoms with E-state index in [-0.39, 0.29) is 18.1 Å². The van der Waals surface area contributed by atoms with Crippen LogP contribution in [-0.4, -0.2) is 65.2 Å². The number of piperidine rings is 1. The Bertz CT molecular complexity index is 1050. The minimum Gasteiger partial charge on any atom is -0.444 e. The average molecular weight is 550 g/mol. The Hall–Kier alpha value is -2.10. The third-order valence-electron chi connectivity index (χ3n) is 6.20. The molecule has 0 atom stereocenters. The molecular formula is C27H44ClN5O3Si. The van der Waals surface area contributed by atoms with E-state index in [1.54, 1.807) is 11.1 Å². The van der Waals surface area contributed by atoms with Gasteiger partial charge in [-0.15, -0.1) is 0 Å². The summed E-state index contributed by atoms with van der Waals surface area (Å²) in [7, 11) is -1.13. The van der Waals surface area contributed by atoms with Crippen molar-refractivity contribution in [3.63, 3.8) is 0 Å². The van der Waals surface area contributed by atoms with Crippen LogP contribution in [0.3, 0.4) is 0 Å². The number of nitrogens with one attached hydrogen (secondary N) is 1. The zero-order chi connectivity index (χ0) is 27.4. The molecule has 3 rings (SSSR count). The van der Waals surface area contributed by atoms with Crippen molar-refractivity contribution in [3.8, 4) is 11.1 Å². The summed E-state index contributed by atoms with van der Waals surface area (Å²) < 4.78 is 13.3. The topological polar surface area (TPSA) is 81.5 Å². The van der Waals surface area contributed by atoms with Crippen molar-refractivity contribution in [2.45, 2.75) is 97.4 Å². The fourth-order valence-electron chi connectivity index (χ4n) is 4.14. The molecule has 10 heteroatoms. The summed E-state index contributed by atoms with van der Waals surface area (Å²) in [6.45, 7) is 19.4. The van der Waals surface area contributed by atoms with Crippen molar-refractivity contribution < 1.29 is 14.3 Å². The van der Waals surface area contributed by atoms with Crippen LogP contribution in [-0.2, 0) is 16.2 Å². The number of aromatic nitrogens is 3. The van der Waals surface area contributed by atoms with Crippen molar-refractivity contribution in [1.82, 2.24) is 19.7 Å². The van der Waals surface area contributed by atoms with Gasteiger partial charge in [0, 0.05) is 57.3 Å². The Kier molecular flexibility index (Phi) is 9.69. The number of halogens is 1. The monoisotopic (exact) mass is 549 g/mol. The van der Waals surface area contributed by atoms with E-state index in [1.807, 2.05) is 37.7 Å². The normalized spacial score (nSPS) is 15.4. The van der Waals surface area contributed by atoms with Gasteiger partial charge in [-0.3, -0.25) is 0 Å². The van der Waals surface area contributed by atoms with Crippen molar-refractivity contribution in [1.29, 1.82) is 0 Å². The van der Waals surface area contributed by atoms with Gasteiger partial charge in [0.1, 0.15) is 18.1 Å². The Morgan fingerprint density at radius 1 is 1.22 bits per heavy atom. The molecule has 2 aromatic heterocycles. The second-order valence-electron chi connectivity index (χ2n) is 12.4. The molecule has 1 aliphatic rings. The van der Waals surface area contributed by atoms with E-state index in [9.17, 15) is 4.79 Å². The first-order valence-corrected chi connectivity index (χ1v) is 17.4. The van der Waals surface area contributed by atoms with Gasteiger partial charge in [0.05, 0.1) is 10.7 Å². The van der Waals surface area contributed by atoms with Gasteiger partial charge < -0.3 is 19.7 Å². The van der Waals surface area contributed by atoms with Crippen LogP contribution < -0.4 is 5.32 Å². The van der Waals surface area contributed by atoms with E-state index in [1.165, 1.54) is 0 Å². The predicted octanol–water partition coefficient (Wildman–Crippen LogP) is 6.85. The van der Waals surface area contributed by atoms with Gasteiger partial charge in [0.25, 0.3) is 0 Å². The second kappa shape index (κ2) is 12.2. The lowest BCUT2D eigenvalue weighted by Crippen LogP contribution is -2.44. The van der Waals surface area contributed by atoms with Crippen LogP contribution in [0.5, 0.6) is 0 Å². The zero-order valence-electron chi connectivity index (χ0n) is 23.7. The van der Waals surface area contributed by atoms with Gasteiger partial charge in [-0.1, -0.05) is 45.1 Å². The quantitative estimate of drug-likeness (QED) is 0.272. The van der Waals surface area contributed by atoms with E-state index in [0.29, 0.717) is 24.8 Å². The maximum atomic E-state index is 12.4. The highest BCUT2D eigenvalue weighted by atomic mass is 35.5. The van der Waals surface area contributed by atoms with Gasteiger partial charge in [0.2, 0.25) is 0 Å². The molecule has 3 heterocycles. The van der Waals surface area contributed by atoms with E-state index in [2.05, 4.69) is 43.8 Å². The molecule has 1 N–H and O–H groups in total. The molecule has 0 bridgehead atoms. The third kappa shape index (κ3) is 9.00. The Labute approximate surface area is 228 Å². The zero-order valence-corrected chi connectivity index (χ0v) is 25.5. The molecule has 8 nitrogen and oxygen atoms in total. The number of likely N-dealkylation sites (tertiary alicyclic amines) is 1. The largest absolute Gasteiger partial charge is 0.444 e. The molecule has 1 fully saturated rings. The summed E-state index contributed by atoms with van der Waals surface area (Å²) in [6.07, 6.45) is 5.11. The Balaban J connectivity index is 1.67. The Morgan fingerprint density at radius 2 is 1.89 bits per heavy atom. The van der Waals surface area contributed by atoms with Gasteiger partial charge >= 0.3 is 6.09 Å². The van der Waals surface area contributed by atoms with Crippen LogP contribution in [0.1, 0.15) is 59.1 Å². The van der Waals surface area contributed by atoms with Gasteiger partial charge in [-0.25, -0.2) is 14.5 Å². The highest BCUT2D eigenvalue weighted by Crippen LogP contribution is 2.35. The molecule has 2 aromatic rings. The first kappa shape index (κ1) is 29.5. The number of carbonyl (C=O) groups excluding carboxylic acids is 1. The third-order valence-corrected chi connectivity index (χ3v) is 8.21. The summed E-state index contributed by atoms with van der Waals surface area (Å²) in [4.78, 5) is 18.7. The molecule has 0 aromatic carbocycles. The number of pyridine rings is 1. The lowest BCUT2D eigenvalue weighted by molar-refractivity contribution is 0.0210. The summed E-state index contributed by atoms with van der Waals surface area (Å²) in [6, 6.07) is 3.34. The summed E-state index contributed by atoms with van der Waals surface area (Å²) in [5.41, 5.74) is 2.40. The first-order chi connectivity index (χ1) is 17.2. The van der Waals surface area contributed by atoms with Crippen LogP contribution in [0.2, 0.25) is 30.7 Å². The highest BCUT2D eigenvalue weighted by molar-refractivity contribution is 6.76. The average Bonchev–Trinajstić information content (AvgIpc) is 3.21. The van der Waals surface area contributed by atoms with E-state index in [4.69, 9.17) is 26.2 Å². The molecule has 206 valence electrons. The maximum absolute atomic E-state index is 12.4. The molecule has 0 unspecified atom stereocenters. The molecule has 0 radical (unpaired) electrons. The fraction of sp³-hybridized carbons (Fsp3) is 0.667. The SMILES string of the molecule is CC(C)c1nn(COCC[Si](C)(C)C)cc1-c1cc(NC2CCN(C(=O)OC(C)(C)C)CC2)ncc1Cl. The molecule has 1 aliphatic heterocycles. The van der Waals surface area contributed by atoms with Crippen molar-refractivity contribution in [3.05, 3.63) is 29.2 Å². The number of hydrogen-bond acceptors (Lipinski definition) is 6. The molecule has 0 spiro atoms. The highest BCUT2D eigenvalue weighted by Gasteiger charge is 2.27. The molecule has 1 amide bonds. The van der Waals surface area contributed by atoms with Crippen LogP contribution in [0.4, 0.5) is 10.6 Å². The minimum atomic E-state index is -1.13. The van der Waals surface area contributed by atoms with E-state index in [0.717, 1.165) is 48.1 Å². The lowest BCUT2D eigenvalue weighted by atomic mass is 10.0. The summed E-state index contributed by atoms with van der Waals surface area (Å²) >= 11 is 6.63. The van der Waals surface area contributed by atoms with Crippen LogP contribution >= 0.6 is 11.6 Å². The molecule has 0 aliphatic carbocycles. The summed E-state index contributed by atoms with van der Waals surface area (Å²) in [5, 5.41) is 8.94. The first-order valence-electron chi connectivity index (χ1n) is 13.3. The number of amides is 1. The van der Waals surface area contributed by atoms with Crippen molar-refractivity contribution in [2.75, 3.05) is 25.0 Å². The second-order valence-corrected chi connectivity index (χ2v) is 18.4. The van der Waals surface area contributed by atoms with E-state index < -0.39 is 13.7 Å². The lowest BCUT2D eigenvalue weighted by Gasteiger charge is -2.34. The number of carbonyl (C=O) groups is 1. The smallest absolute Gasteiger partial charge is 0.410 e. The predicted molar refractivity (Wildman–Crippen MR) is 153 cm³/mol. The standard InChI is InChI=1S/C27H44ClN5O3Si/c1-19(2)25-22(17-33(31-25)18-35-13-14-37(6,7)8)21-15-24(29-16-23(21)28)30-20-9-11-32(12-10-20)26(34)36-27(3,4)5/h15-17,19-20H,9-14,18H2,1-8H3,(H,29,30). The maximum Gasteiger partial charge on any atom is 0.410 e. The summed E-state index contributed by atoms with van der Waals surface area (Å²) in [5.74, 6) is 1.00. The van der Waals surface area contributed by atoms with Crippen LogP contribution in [0.15, 0.2) is 18.5 Å². The van der Waals surface area contributed by atoms with Gasteiger partial charge in [-0.05, 0) is 51.6 Å². The molecule has 0 saturated carbocycles. The van der Waals surface area contributed by atoms with Gasteiger partial charge in [-0.2, -0.15) is 5.10 Å². The Morgan fingerprint density at radius 3 is 2.49 bits per heavy atom. The molecule has 37 heavy (non-hydrogen) atoms. The number of anilines is 1. The van der Waals surface area contributed by atoms with Crippen molar-refractivity contribution in [2.24, 2.45) is 0 Å².